The smallest absolute Gasteiger partial charge is 0.237 e. The van der Waals surface area contributed by atoms with E-state index in [0.29, 0.717) is 6.54 Å². The van der Waals surface area contributed by atoms with E-state index in [1.807, 2.05) is 38.1 Å². The fraction of sp³-hybridized carbons (Fsp3) is 0.500. The monoisotopic (exact) mass is 289 g/mol. The van der Waals surface area contributed by atoms with Crippen LogP contribution < -0.4 is 16.0 Å². The molecule has 1 aliphatic rings. The molecule has 0 radical (unpaired) electrons. The molecule has 0 spiro atoms. The number of anilines is 1. The Kier molecular flexibility index (Phi) is 5.33. The van der Waals surface area contributed by atoms with Gasteiger partial charge in [0, 0.05) is 18.2 Å². The number of hydrogen-bond donors (Lipinski definition) is 3. The minimum atomic E-state index is -0.0613. The number of carbonyl (C=O) groups is 2. The standard InChI is InChI=1S/C16H23N3O2/c1-11(2)15(20)19-13-6-3-5-12(9-13)10-18-16(21)14-7-4-8-17-14/h3,5-6,9,11,14,17H,4,7-8,10H2,1-2H3,(H,18,21)(H,19,20)/t14-/m1/s1. The second-order valence-electron chi connectivity index (χ2n) is 5.71. The summed E-state index contributed by atoms with van der Waals surface area (Å²) in [4.78, 5) is 23.6. The van der Waals surface area contributed by atoms with Gasteiger partial charge in [-0.2, -0.15) is 0 Å². The third kappa shape index (κ3) is 4.56. The Bertz CT molecular complexity index is 508. The van der Waals surface area contributed by atoms with Crippen LogP contribution in [0.3, 0.4) is 0 Å². The molecule has 21 heavy (non-hydrogen) atoms. The van der Waals surface area contributed by atoms with Gasteiger partial charge in [0.25, 0.3) is 0 Å². The highest BCUT2D eigenvalue weighted by molar-refractivity contribution is 5.92. The summed E-state index contributed by atoms with van der Waals surface area (Å²) in [5, 5.41) is 8.96. The van der Waals surface area contributed by atoms with E-state index in [4.69, 9.17) is 0 Å². The van der Waals surface area contributed by atoms with Gasteiger partial charge in [0.15, 0.2) is 0 Å². The topological polar surface area (TPSA) is 70.2 Å². The SMILES string of the molecule is CC(C)C(=O)Nc1cccc(CNC(=O)[C@H]2CCCN2)c1. The Morgan fingerprint density at radius 3 is 2.86 bits per heavy atom. The Morgan fingerprint density at radius 1 is 1.38 bits per heavy atom. The molecule has 1 heterocycles. The lowest BCUT2D eigenvalue weighted by Crippen LogP contribution is -2.40. The molecule has 1 aromatic rings. The fourth-order valence-electron chi connectivity index (χ4n) is 2.27. The van der Waals surface area contributed by atoms with Crippen molar-refractivity contribution in [3.8, 4) is 0 Å². The van der Waals surface area contributed by atoms with Gasteiger partial charge < -0.3 is 16.0 Å². The van der Waals surface area contributed by atoms with Crippen LogP contribution in [0.15, 0.2) is 24.3 Å². The second-order valence-corrected chi connectivity index (χ2v) is 5.71. The van der Waals surface area contributed by atoms with Crippen molar-refractivity contribution >= 4 is 17.5 Å². The van der Waals surface area contributed by atoms with Crippen LogP contribution in [-0.4, -0.2) is 24.4 Å². The molecular weight excluding hydrogens is 266 g/mol. The van der Waals surface area contributed by atoms with E-state index in [1.165, 1.54) is 0 Å². The van der Waals surface area contributed by atoms with Gasteiger partial charge in [-0.05, 0) is 37.1 Å². The molecule has 2 amide bonds. The number of amides is 2. The lowest BCUT2D eigenvalue weighted by atomic mass is 10.1. The molecular formula is C16H23N3O2. The van der Waals surface area contributed by atoms with Crippen molar-refractivity contribution in [2.24, 2.45) is 5.92 Å². The van der Waals surface area contributed by atoms with E-state index in [-0.39, 0.29) is 23.8 Å². The van der Waals surface area contributed by atoms with E-state index in [0.717, 1.165) is 30.6 Å². The molecule has 1 fully saturated rings. The van der Waals surface area contributed by atoms with Gasteiger partial charge in [-0.3, -0.25) is 9.59 Å². The number of nitrogens with one attached hydrogen (secondary N) is 3. The van der Waals surface area contributed by atoms with E-state index in [9.17, 15) is 9.59 Å². The first-order chi connectivity index (χ1) is 10.1. The van der Waals surface area contributed by atoms with Crippen molar-refractivity contribution in [2.75, 3.05) is 11.9 Å². The zero-order valence-electron chi connectivity index (χ0n) is 12.6. The number of rotatable bonds is 5. The molecule has 5 heteroatoms. The van der Waals surface area contributed by atoms with Crippen LogP contribution in [0, 0.1) is 5.92 Å². The predicted molar refractivity (Wildman–Crippen MR) is 82.8 cm³/mol. The molecule has 0 bridgehead atoms. The van der Waals surface area contributed by atoms with E-state index < -0.39 is 0 Å². The molecule has 0 unspecified atom stereocenters. The molecule has 3 N–H and O–H groups in total. The molecule has 0 saturated carbocycles. The number of hydrogen-bond acceptors (Lipinski definition) is 3. The maximum absolute atomic E-state index is 11.9. The van der Waals surface area contributed by atoms with E-state index >= 15 is 0 Å². The van der Waals surface area contributed by atoms with Crippen LogP contribution in [0.1, 0.15) is 32.3 Å². The third-order valence-corrected chi connectivity index (χ3v) is 3.56. The normalized spacial score (nSPS) is 17.8. The zero-order chi connectivity index (χ0) is 15.2. The molecule has 1 saturated heterocycles. The van der Waals surface area contributed by atoms with Crippen LogP contribution in [0.2, 0.25) is 0 Å². The summed E-state index contributed by atoms with van der Waals surface area (Å²) >= 11 is 0. The summed E-state index contributed by atoms with van der Waals surface area (Å²) in [5.41, 5.74) is 1.74. The maximum atomic E-state index is 11.9. The van der Waals surface area contributed by atoms with Crippen LogP contribution >= 0.6 is 0 Å². The molecule has 1 atom stereocenters. The average molecular weight is 289 g/mol. The van der Waals surface area contributed by atoms with Crippen molar-refractivity contribution in [1.29, 1.82) is 0 Å². The van der Waals surface area contributed by atoms with Crippen LogP contribution in [0.5, 0.6) is 0 Å². The largest absolute Gasteiger partial charge is 0.351 e. The summed E-state index contributed by atoms with van der Waals surface area (Å²) in [6.45, 7) is 5.10. The highest BCUT2D eigenvalue weighted by Crippen LogP contribution is 2.12. The first-order valence-electron chi connectivity index (χ1n) is 7.47. The summed E-state index contributed by atoms with van der Waals surface area (Å²) in [5.74, 6) is -0.0164. The summed E-state index contributed by atoms with van der Waals surface area (Å²) in [6, 6.07) is 7.50. The summed E-state index contributed by atoms with van der Waals surface area (Å²) in [7, 11) is 0. The molecule has 2 rings (SSSR count). The highest BCUT2D eigenvalue weighted by Gasteiger charge is 2.21. The van der Waals surface area contributed by atoms with E-state index in [1.54, 1.807) is 0 Å². The van der Waals surface area contributed by atoms with Gasteiger partial charge in [0.1, 0.15) is 0 Å². The van der Waals surface area contributed by atoms with Gasteiger partial charge in [0.2, 0.25) is 11.8 Å². The lowest BCUT2D eigenvalue weighted by Gasteiger charge is -2.12. The lowest BCUT2D eigenvalue weighted by molar-refractivity contribution is -0.123. The van der Waals surface area contributed by atoms with E-state index in [2.05, 4.69) is 16.0 Å². The van der Waals surface area contributed by atoms with Crippen molar-refractivity contribution in [3.05, 3.63) is 29.8 Å². The van der Waals surface area contributed by atoms with Crippen LogP contribution in [-0.2, 0) is 16.1 Å². The molecule has 0 aromatic heterocycles. The predicted octanol–water partition coefficient (Wildman–Crippen LogP) is 1.65. The van der Waals surface area contributed by atoms with Crippen molar-refractivity contribution in [3.63, 3.8) is 0 Å². The van der Waals surface area contributed by atoms with Crippen molar-refractivity contribution in [2.45, 2.75) is 39.3 Å². The Morgan fingerprint density at radius 2 is 2.19 bits per heavy atom. The minimum Gasteiger partial charge on any atom is -0.351 e. The highest BCUT2D eigenvalue weighted by atomic mass is 16.2. The molecule has 1 aliphatic heterocycles. The van der Waals surface area contributed by atoms with Crippen molar-refractivity contribution in [1.82, 2.24) is 10.6 Å². The molecule has 114 valence electrons. The zero-order valence-corrected chi connectivity index (χ0v) is 12.6. The third-order valence-electron chi connectivity index (χ3n) is 3.56. The molecule has 1 aromatic carbocycles. The number of benzene rings is 1. The second kappa shape index (κ2) is 7.22. The Hall–Kier alpha value is -1.88. The minimum absolute atomic E-state index is 0.00802. The van der Waals surface area contributed by atoms with Gasteiger partial charge in [-0.25, -0.2) is 0 Å². The van der Waals surface area contributed by atoms with Crippen LogP contribution in [0.4, 0.5) is 5.69 Å². The first-order valence-corrected chi connectivity index (χ1v) is 7.47. The Balaban J connectivity index is 1.88. The first kappa shape index (κ1) is 15.5. The van der Waals surface area contributed by atoms with Crippen LogP contribution in [0.25, 0.3) is 0 Å². The molecule has 0 aliphatic carbocycles. The van der Waals surface area contributed by atoms with Gasteiger partial charge in [-0.15, -0.1) is 0 Å². The maximum Gasteiger partial charge on any atom is 0.237 e. The Labute approximate surface area is 125 Å². The van der Waals surface area contributed by atoms with Gasteiger partial charge in [0.05, 0.1) is 6.04 Å². The molecule has 5 nitrogen and oxygen atoms in total. The van der Waals surface area contributed by atoms with Gasteiger partial charge in [-0.1, -0.05) is 26.0 Å². The average Bonchev–Trinajstić information content (AvgIpc) is 2.99. The van der Waals surface area contributed by atoms with Gasteiger partial charge >= 0.3 is 0 Å². The van der Waals surface area contributed by atoms with Crippen molar-refractivity contribution < 1.29 is 9.59 Å². The quantitative estimate of drug-likeness (QED) is 0.772. The summed E-state index contributed by atoms with van der Waals surface area (Å²) in [6.07, 6.45) is 1.95. The summed E-state index contributed by atoms with van der Waals surface area (Å²) < 4.78 is 0. The fourth-order valence-corrected chi connectivity index (χ4v) is 2.27. The number of carbonyl (C=O) groups excluding carboxylic acids is 2.